The molecule has 2 aliphatic rings. The molecule has 27 heavy (non-hydrogen) atoms. The summed E-state index contributed by atoms with van der Waals surface area (Å²) in [6.07, 6.45) is 4.16. The van der Waals surface area contributed by atoms with Crippen molar-refractivity contribution >= 4 is 11.6 Å². The lowest BCUT2D eigenvalue weighted by Gasteiger charge is -2.35. The van der Waals surface area contributed by atoms with Crippen molar-refractivity contribution in [3.63, 3.8) is 0 Å². The van der Waals surface area contributed by atoms with E-state index in [-0.39, 0.29) is 11.9 Å². The maximum absolute atomic E-state index is 13.5. The highest BCUT2D eigenvalue weighted by Crippen LogP contribution is 2.25. The van der Waals surface area contributed by atoms with Crippen molar-refractivity contribution < 1.29 is 13.6 Å². The first kappa shape index (κ1) is 20.1. The normalized spacial score (nSPS) is 23.8. The second-order valence-electron chi connectivity index (χ2n) is 8.34. The third-order valence-electron chi connectivity index (χ3n) is 5.64. The number of benzene rings is 1. The largest absolute Gasteiger partial charge is 0.371 e. The minimum atomic E-state index is -0.819. The van der Waals surface area contributed by atoms with Crippen LogP contribution in [0, 0.1) is 23.5 Å². The molecule has 1 aromatic rings. The van der Waals surface area contributed by atoms with Crippen molar-refractivity contribution in [1.82, 2.24) is 10.2 Å². The van der Waals surface area contributed by atoms with Crippen molar-refractivity contribution in [2.75, 3.05) is 37.6 Å². The molecule has 2 heterocycles. The van der Waals surface area contributed by atoms with Crippen LogP contribution in [-0.2, 0) is 4.79 Å². The standard InChI is InChI=1S/C21H31F2N3O/c1-15(2)13-26-9-4-3-5-20(26)21(27)24-12-16-8-10-25(14-16)17-6-7-18(22)19(23)11-17/h6-7,11,15-16,20H,3-5,8-10,12-14H2,1-2H3,(H,24,27)/t16-,20+/m1/s1. The number of nitrogens with one attached hydrogen (secondary N) is 1. The SMILES string of the molecule is CC(C)CN1CCCC[C@H]1C(=O)NC[C@H]1CCN(c2ccc(F)c(F)c2)C1. The molecule has 1 amide bonds. The fourth-order valence-corrected chi connectivity index (χ4v) is 4.25. The molecule has 2 fully saturated rings. The number of carbonyl (C=O) groups is 1. The fraction of sp³-hybridized carbons (Fsp3) is 0.667. The van der Waals surface area contributed by atoms with E-state index in [1.54, 1.807) is 6.07 Å². The molecule has 0 saturated carbocycles. The van der Waals surface area contributed by atoms with Crippen LogP contribution < -0.4 is 10.2 Å². The smallest absolute Gasteiger partial charge is 0.237 e. The van der Waals surface area contributed by atoms with Crippen LogP contribution in [0.15, 0.2) is 18.2 Å². The van der Waals surface area contributed by atoms with Gasteiger partial charge in [-0.3, -0.25) is 9.69 Å². The Kier molecular flexibility index (Phi) is 6.68. The van der Waals surface area contributed by atoms with Gasteiger partial charge in [-0.1, -0.05) is 20.3 Å². The summed E-state index contributed by atoms with van der Waals surface area (Å²) in [5.74, 6) is -0.601. The van der Waals surface area contributed by atoms with E-state index in [1.165, 1.54) is 18.6 Å². The molecule has 6 heteroatoms. The first-order valence-corrected chi connectivity index (χ1v) is 10.2. The number of carbonyl (C=O) groups excluding carboxylic acids is 1. The van der Waals surface area contributed by atoms with Crippen LogP contribution in [0.4, 0.5) is 14.5 Å². The molecule has 150 valence electrons. The first-order chi connectivity index (χ1) is 12.9. The Balaban J connectivity index is 1.49. The van der Waals surface area contributed by atoms with Gasteiger partial charge in [0, 0.05) is 37.9 Å². The lowest BCUT2D eigenvalue weighted by Crippen LogP contribution is -2.51. The number of halogens is 2. The van der Waals surface area contributed by atoms with E-state index in [0.717, 1.165) is 45.4 Å². The third kappa shape index (κ3) is 5.18. The molecule has 1 N–H and O–H groups in total. The van der Waals surface area contributed by atoms with Gasteiger partial charge >= 0.3 is 0 Å². The summed E-state index contributed by atoms with van der Waals surface area (Å²) >= 11 is 0. The fourth-order valence-electron chi connectivity index (χ4n) is 4.25. The van der Waals surface area contributed by atoms with Gasteiger partial charge in [0.2, 0.25) is 5.91 Å². The number of nitrogens with zero attached hydrogens (tertiary/aromatic N) is 2. The first-order valence-electron chi connectivity index (χ1n) is 10.2. The summed E-state index contributed by atoms with van der Waals surface area (Å²) in [7, 11) is 0. The number of amides is 1. The second-order valence-corrected chi connectivity index (χ2v) is 8.34. The molecule has 2 atom stereocenters. The van der Waals surface area contributed by atoms with E-state index >= 15 is 0 Å². The van der Waals surface area contributed by atoms with Crippen molar-refractivity contribution in [1.29, 1.82) is 0 Å². The third-order valence-corrected chi connectivity index (χ3v) is 5.64. The Bertz CT molecular complexity index is 652. The Hall–Kier alpha value is -1.69. The second kappa shape index (κ2) is 9.00. The van der Waals surface area contributed by atoms with E-state index in [9.17, 15) is 13.6 Å². The van der Waals surface area contributed by atoms with Crippen LogP contribution in [0.5, 0.6) is 0 Å². The monoisotopic (exact) mass is 379 g/mol. The molecule has 0 aliphatic carbocycles. The molecule has 0 radical (unpaired) electrons. The molecule has 0 spiro atoms. The molecule has 3 rings (SSSR count). The van der Waals surface area contributed by atoms with Crippen LogP contribution >= 0.6 is 0 Å². The maximum atomic E-state index is 13.5. The molecular weight excluding hydrogens is 348 g/mol. The van der Waals surface area contributed by atoms with Gasteiger partial charge in [-0.2, -0.15) is 0 Å². The van der Waals surface area contributed by atoms with Crippen molar-refractivity contribution in [3.8, 4) is 0 Å². The highest BCUT2D eigenvalue weighted by Gasteiger charge is 2.30. The van der Waals surface area contributed by atoms with E-state index in [4.69, 9.17) is 0 Å². The number of hydrogen-bond acceptors (Lipinski definition) is 3. The maximum Gasteiger partial charge on any atom is 0.237 e. The lowest BCUT2D eigenvalue weighted by atomic mass is 9.99. The number of piperidine rings is 1. The van der Waals surface area contributed by atoms with Gasteiger partial charge < -0.3 is 10.2 Å². The summed E-state index contributed by atoms with van der Waals surface area (Å²) < 4.78 is 26.6. The average molecular weight is 379 g/mol. The Morgan fingerprint density at radius 3 is 2.74 bits per heavy atom. The molecule has 1 aromatic carbocycles. The van der Waals surface area contributed by atoms with Crippen LogP contribution in [0.3, 0.4) is 0 Å². The Morgan fingerprint density at radius 2 is 2.00 bits per heavy atom. The minimum Gasteiger partial charge on any atom is -0.371 e. The predicted molar refractivity (Wildman–Crippen MR) is 104 cm³/mol. The molecule has 2 saturated heterocycles. The average Bonchev–Trinajstić information content (AvgIpc) is 3.11. The number of rotatable bonds is 6. The minimum absolute atomic E-state index is 0.00940. The highest BCUT2D eigenvalue weighted by molar-refractivity contribution is 5.81. The van der Waals surface area contributed by atoms with E-state index in [1.807, 2.05) is 0 Å². The summed E-state index contributed by atoms with van der Waals surface area (Å²) in [6.45, 7) is 8.55. The zero-order chi connectivity index (χ0) is 19.4. The Morgan fingerprint density at radius 1 is 1.19 bits per heavy atom. The number of likely N-dealkylation sites (tertiary alicyclic amines) is 1. The quantitative estimate of drug-likeness (QED) is 0.823. The Labute approximate surface area is 160 Å². The molecule has 4 nitrogen and oxygen atoms in total. The van der Waals surface area contributed by atoms with Gasteiger partial charge in [0.05, 0.1) is 6.04 Å². The van der Waals surface area contributed by atoms with Gasteiger partial charge in [-0.25, -0.2) is 8.78 Å². The summed E-state index contributed by atoms with van der Waals surface area (Å²) in [6, 6.07) is 4.03. The highest BCUT2D eigenvalue weighted by atomic mass is 19.2. The van der Waals surface area contributed by atoms with Gasteiger partial charge in [-0.05, 0) is 49.8 Å². The molecule has 0 unspecified atom stereocenters. The van der Waals surface area contributed by atoms with E-state index in [2.05, 4.69) is 29.0 Å². The van der Waals surface area contributed by atoms with Crippen molar-refractivity contribution in [2.24, 2.45) is 11.8 Å². The number of hydrogen-bond donors (Lipinski definition) is 1. The summed E-state index contributed by atoms with van der Waals surface area (Å²) in [5, 5.41) is 3.15. The lowest BCUT2D eigenvalue weighted by molar-refractivity contribution is -0.128. The van der Waals surface area contributed by atoms with Crippen LogP contribution in [0.25, 0.3) is 0 Å². The van der Waals surface area contributed by atoms with Crippen LogP contribution in [0.1, 0.15) is 39.5 Å². The van der Waals surface area contributed by atoms with Crippen molar-refractivity contribution in [3.05, 3.63) is 29.8 Å². The zero-order valence-corrected chi connectivity index (χ0v) is 16.4. The van der Waals surface area contributed by atoms with Gasteiger partial charge in [0.15, 0.2) is 11.6 Å². The summed E-state index contributed by atoms with van der Waals surface area (Å²) in [5.41, 5.74) is 0.707. The van der Waals surface area contributed by atoms with Crippen LogP contribution in [-0.4, -0.2) is 49.6 Å². The molecule has 0 bridgehead atoms. The van der Waals surface area contributed by atoms with Crippen molar-refractivity contribution in [2.45, 2.75) is 45.6 Å². The topological polar surface area (TPSA) is 35.6 Å². The van der Waals surface area contributed by atoms with Gasteiger partial charge in [0.1, 0.15) is 0 Å². The molecule has 0 aromatic heterocycles. The number of anilines is 1. The predicted octanol–water partition coefficient (Wildman–Crippen LogP) is 3.42. The molecule has 2 aliphatic heterocycles. The van der Waals surface area contributed by atoms with Crippen LogP contribution in [0.2, 0.25) is 0 Å². The zero-order valence-electron chi connectivity index (χ0n) is 16.4. The molecular formula is C21H31F2N3O. The summed E-state index contributed by atoms with van der Waals surface area (Å²) in [4.78, 5) is 17.1. The van der Waals surface area contributed by atoms with E-state index in [0.29, 0.717) is 24.1 Å². The van der Waals surface area contributed by atoms with E-state index < -0.39 is 11.6 Å². The van der Waals surface area contributed by atoms with Gasteiger partial charge in [-0.15, -0.1) is 0 Å². The van der Waals surface area contributed by atoms with Gasteiger partial charge in [0.25, 0.3) is 0 Å².